The number of rotatable bonds is 11. The van der Waals surface area contributed by atoms with Crippen LogP contribution in [0.5, 0.6) is 0 Å². The number of nitrogens with one attached hydrogen (secondary N) is 2. The van der Waals surface area contributed by atoms with Gasteiger partial charge in [-0.1, -0.05) is 6.07 Å². The second-order valence-electron chi connectivity index (χ2n) is 9.97. The van der Waals surface area contributed by atoms with Crippen molar-refractivity contribution in [1.82, 2.24) is 14.6 Å². The number of carbonyl (C=O) groups is 2. The van der Waals surface area contributed by atoms with Crippen molar-refractivity contribution in [3.8, 4) is 0 Å². The zero-order valence-corrected chi connectivity index (χ0v) is 21.5. The molecule has 200 valence electrons. The second-order valence-corrected chi connectivity index (χ2v) is 12.0. The number of carboxylic acid groups (broad SMARTS) is 1. The number of hydrogen-bond donors (Lipinski definition) is 3. The molecule has 0 aromatic carbocycles. The van der Waals surface area contributed by atoms with E-state index in [1.165, 1.54) is 9.87 Å². The summed E-state index contributed by atoms with van der Waals surface area (Å²) in [5.74, 6) is 0.429. The number of fused-ring (bicyclic) bond motifs is 1. The smallest absolute Gasteiger partial charge is 0.408 e. The van der Waals surface area contributed by atoms with E-state index in [1.54, 1.807) is 0 Å². The highest BCUT2D eigenvalue weighted by Gasteiger charge is 2.33. The minimum Gasteiger partial charge on any atom is -0.480 e. The van der Waals surface area contributed by atoms with Gasteiger partial charge in [0.1, 0.15) is 18.0 Å². The van der Waals surface area contributed by atoms with Crippen molar-refractivity contribution in [2.75, 3.05) is 37.8 Å². The van der Waals surface area contributed by atoms with Gasteiger partial charge in [0.05, 0.1) is 18.9 Å². The zero-order valence-electron chi connectivity index (χ0n) is 20.6. The van der Waals surface area contributed by atoms with Crippen LogP contribution < -0.4 is 10.6 Å². The third kappa shape index (κ3) is 7.30. The third-order valence-corrected chi connectivity index (χ3v) is 8.42. The highest BCUT2D eigenvalue weighted by molar-refractivity contribution is 7.88. The molecule has 1 aromatic rings. The number of aryl methyl sites for hydroxylation is 2. The molecule has 1 saturated carbocycles. The molecule has 11 nitrogen and oxygen atoms in total. The Balaban J connectivity index is 1.10. The number of anilines is 1. The molecule has 1 aromatic heterocycles. The first kappa shape index (κ1) is 26.6. The van der Waals surface area contributed by atoms with Crippen LogP contribution in [0.15, 0.2) is 12.1 Å². The fraction of sp³-hybridized carbons (Fsp3) is 0.708. The predicted octanol–water partition coefficient (Wildman–Crippen LogP) is 1.77. The van der Waals surface area contributed by atoms with Gasteiger partial charge in [-0.3, -0.25) is 0 Å². The first-order chi connectivity index (χ1) is 17.2. The fourth-order valence-electron chi connectivity index (χ4n) is 4.94. The van der Waals surface area contributed by atoms with Crippen LogP contribution in [-0.2, 0) is 37.1 Å². The third-order valence-electron chi connectivity index (χ3n) is 7.15. The molecule has 12 heteroatoms. The SMILES string of the molecule is CS(=O)(=O)N1CCC(OC(=O)NC(CCOC2CC(CCc3ccc4c(n3)NCCC4)C2)C(=O)O)C1. The average Bonchev–Trinajstić information content (AvgIpc) is 3.28. The number of carboxylic acids is 1. The number of aliphatic carboxylic acids is 1. The number of hydrogen-bond acceptors (Lipinski definition) is 8. The van der Waals surface area contributed by atoms with Gasteiger partial charge in [0.15, 0.2) is 0 Å². The molecule has 4 rings (SSSR count). The van der Waals surface area contributed by atoms with Gasteiger partial charge in [-0.15, -0.1) is 0 Å². The van der Waals surface area contributed by atoms with Gasteiger partial charge in [0, 0.05) is 31.8 Å². The van der Waals surface area contributed by atoms with Gasteiger partial charge in [0.25, 0.3) is 0 Å². The minimum absolute atomic E-state index is 0.0787. The number of carbonyl (C=O) groups excluding carboxylic acids is 1. The Hall–Kier alpha value is -2.44. The Labute approximate surface area is 212 Å². The van der Waals surface area contributed by atoms with Gasteiger partial charge in [-0.2, -0.15) is 4.31 Å². The monoisotopic (exact) mass is 524 g/mol. The normalized spacial score (nSPS) is 24.8. The maximum absolute atomic E-state index is 12.1. The maximum Gasteiger partial charge on any atom is 0.408 e. The summed E-state index contributed by atoms with van der Waals surface area (Å²) in [5, 5.41) is 15.2. The van der Waals surface area contributed by atoms with Gasteiger partial charge in [-0.25, -0.2) is 23.0 Å². The second kappa shape index (κ2) is 11.7. The standard InChI is InChI=1S/C24H36N4O7S/c1-36(32,33)28-11-8-19(15-28)35-24(31)27-21(23(29)30)9-12-34-20-13-16(14-20)4-6-18-7-5-17-3-2-10-25-22(17)26-18/h5,7,16,19-21H,2-4,6,8-15H2,1H3,(H,25,26)(H,27,31)(H,29,30). The summed E-state index contributed by atoms with van der Waals surface area (Å²) in [5.41, 5.74) is 2.40. The van der Waals surface area contributed by atoms with E-state index in [9.17, 15) is 23.1 Å². The molecule has 0 spiro atoms. The van der Waals surface area contributed by atoms with Gasteiger partial charge in [0.2, 0.25) is 10.0 Å². The Morgan fingerprint density at radius 2 is 2.11 bits per heavy atom. The highest BCUT2D eigenvalue weighted by Crippen LogP contribution is 2.34. The first-order valence-electron chi connectivity index (χ1n) is 12.7. The van der Waals surface area contributed by atoms with E-state index in [0.29, 0.717) is 12.3 Å². The largest absolute Gasteiger partial charge is 0.480 e. The van der Waals surface area contributed by atoms with E-state index >= 15 is 0 Å². The van der Waals surface area contributed by atoms with Crippen LogP contribution in [0.25, 0.3) is 0 Å². The lowest BCUT2D eigenvalue weighted by atomic mass is 9.79. The average molecular weight is 525 g/mol. The molecule has 3 aliphatic rings. The molecular formula is C24H36N4O7S. The molecule has 36 heavy (non-hydrogen) atoms. The zero-order chi connectivity index (χ0) is 25.7. The molecule has 0 bridgehead atoms. The lowest BCUT2D eigenvalue weighted by Gasteiger charge is -2.35. The Kier molecular flexibility index (Phi) is 8.68. The van der Waals surface area contributed by atoms with Crippen molar-refractivity contribution in [2.24, 2.45) is 5.92 Å². The Bertz CT molecular complexity index is 1040. The summed E-state index contributed by atoms with van der Waals surface area (Å²) in [7, 11) is -3.35. The number of sulfonamides is 1. The fourth-order valence-corrected chi connectivity index (χ4v) is 5.81. The summed E-state index contributed by atoms with van der Waals surface area (Å²) in [6.45, 7) is 1.55. The molecule has 3 N–H and O–H groups in total. The molecule has 2 atom stereocenters. The summed E-state index contributed by atoms with van der Waals surface area (Å²) in [4.78, 5) is 28.4. The topological polar surface area (TPSA) is 147 Å². The summed E-state index contributed by atoms with van der Waals surface area (Å²) in [6, 6.07) is 3.17. The van der Waals surface area contributed by atoms with E-state index in [4.69, 9.17) is 14.5 Å². The van der Waals surface area contributed by atoms with Crippen LogP contribution in [0.3, 0.4) is 0 Å². The first-order valence-corrected chi connectivity index (χ1v) is 14.5. The molecule has 3 heterocycles. The number of amides is 1. The van der Waals surface area contributed by atoms with Gasteiger partial charge < -0.3 is 25.2 Å². The van der Waals surface area contributed by atoms with Gasteiger partial charge in [-0.05, 0) is 62.5 Å². The number of aromatic nitrogens is 1. The molecule has 0 radical (unpaired) electrons. The molecule has 2 fully saturated rings. The van der Waals surface area contributed by atoms with Crippen LogP contribution in [0.1, 0.15) is 49.8 Å². The summed E-state index contributed by atoms with van der Waals surface area (Å²) in [6.07, 6.45) is 6.35. The quantitative estimate of drug-likeness (QED) is 0.394. The lowest BCUT2D eigenvalue weighted by Crippen LogP contribution is -2.43. The van der Waals surface area contributed by atoms with E-state index in [-0.39, 0.29) is 32.2 Å². The number of nitrogens with zero attached hydrogens (tertiary/aromatic N) is 2. The maximum atomic E-state index is 12.1. The lowest BCUT2D eigenvalue weighted by molar-refractivity contribution is -0.140. The molecule has 2 unspecified atom stereocenters. The van der Waals surface area contributed by atoms with E-state index < -0.39 is 34.2 Å². The number of alkyl carbamates (subject to hydrolysis) is 1. The highest BCUT2D eigenvalue weighted by atomic mass is 32.2. The van der Waals surface area contributed by atoms with Crippen molar-refractivity contribution in [1.29, 1.82) is 0 Å². The van der Waals surface area contributed by atoms with E-state index in [1.807, 2.05) is 0 Å². The van der Waals surface area contributed by atoms with Crippen LogP contribution >= 0.6 is 0 Å². The summed E-state index contributed by atoms with van der Waals surface area (Å²) >= 11 is 0. The minimum atomic E-state index is -3.35. The van der Waals surface area contributed by atoms with E-state index in [2.05, 4.69) is 22.8 Å². The van der Waals surface area contributed by atoms with Crippen molar-refractivity contribution >= 4 is 27.9 Å². The molecule has 1 aliphatic carbocycles. The molecular weight excluding hydrogens is 488 g/mol. The van der Waals surface area contributed by atoms with Crippen molar-refractivity contribution in [3.63, 3.8) is 0 Å². The molecule has 2 aliphatic heterocycles. The summed E-state index contributed by atoms with van der Waals surface area (Å²) < 4.78 is 35.4. The number of pyridine rings is 1. The van der Waals surface area contributed by atoms with Crippen LogP contribution in [0, 0.1) is 5.92 Å². The predicted molar refractivity (Wildman–Crippen MR) is 132 cm³/mol. The van der Waals surface area contributed by atoms with Crippen molar-refractivity contribution < 1.29 is 32.6 Å². The van der Waals surface area contributed by atoms with Crippen LogP contribution in [-0.4, -0.2) is 85.6 Å². The van der Waals surface area contributed by atoms with Crippen LogP contribution in [0.2, 0.25) is 0 Å². The van der Waals surface area contributed by atoms with Crippen molar-refractivity contribution in [3.05, 3.63) is 23.4 Å². The molecule has 1 saturated heterocycles. The Morgan fingerprint density at radius 1 is 1.31 bits per heavy atom. The Morgan fingerprint density at radius 3 is 2.83 bits per heavy atom. The van der Waals surface area contributed by atoms with Gasteiger partial charge >= 0.3 is 12.1 Å². The van der Waals surface area contributed by atoms with Crippen LogP contribution in [0.4, 0.5) is 10.6 Å². The van der Waals surface area contributed by atoms with E-state index in [0.717, 1.165) is 62.8 Å². The molecule has 1 amide bonds. The number of ether oxygens (including phenoxy) is 2. The van der Waals surface area contributed by atoms with Crippen molar-refractivity contribution in [2.45, 2.75) is 69.6 Å².